The van der Waals surface area contributed by atoms with Crippen LogP contribution in [-0.4, -0.2) is 32.3 Å². The number of nitrogens with one attached hydrogen (secondary N) is 1. The zero-order chi connectivity index (χ0) is 17.0. The Morgan fingerprint density at radius 1 is 1.26 bits per heavy atom. The predicted octanol–water partition coefficient (Wildman–Crippen LogP) is 1.37. The van der Waals surface area contributed by atoms with E-state index in [9.17, 15) is 13.2 Å². The first-order valence-electron chi connectivity index (χ1n) is 6.99. The lowest BCUT2D eigenvalue weighted by Crippen LogP contribution is -2.40. The van der Waals surface area contributed by atoms with Crippen molar-refractivity contribution < 1.29 is 17.7 Å². The molecule has 1 heterocycles. The molecule has 1 amide bonds. The van der Waals surface area contributed by atoms with Crippen molar-refractivity contribution in [3.05, 3.63) is 47.3 Å². The van der Waals surface area contributed by atoms with Crippen LogP contribution in [0.4, 0.5) is 5.69 Å². The first-order chi connectivity index (χ1) is 10.8. The first-order valence-corrected chi connectivity index (χ1v) is 8.84. The molecule has 2 aromatic rings. The normalized spacial score (nSPS) is 11.3. The Morgan fingerprint density at radius 2 is 1.91 bits per heavy atom. The molecular weight excluding hydrogens is 318 g/mol. The van der Waals surface area contributed by atoms with E-state index in [1.165, 1.54) is 0 Å². The zero-order valence-electron chi connectivity index (χ0n) is 13.2. The third kappa shape index (κ3) is 4.82. The molecule has 8 heteroatoms. The smallest absolute Gasteiger partial charge is 0.241 e. The van der Waals surface area contributed by atoms with E-state index in [2.05, 4.69) is 10.5 Å². The maximum Gasteiger partial charge on any atom is 0.241 e. The summed E-state index contributed by atoms with van der Waals surface area (Å²) in [5.41, 5.74) is 2.04. The highest BCUT2D eigenvalue weighted by Gasteiger charge is 2.20. The summed E-state index contributed by atoms with van der Waals surface area (Å²) in [5, 5.41) is 6.39. The van der Waals surface area contributed by atoms with E-state index in [1.807, 2.05) is 6.92 Å². The molecule has 0 radical (unpaired) electrons. The van der Waals surface area contributed by atoms with Gasteiger partial charge >= 0.3 is 0 Å². The van der Waals surface area contributed by atoms with Gasteiger partial charge in [0.05, 0.1) is 18.5 Å². The Kier molecular flexibility index (Phi) is 5.05. The molecule has 0 unspecified atom stereocenters. The summed E-state index contributed by atoms with van der Waals surface area (Å²) in [5.74, 6) is 0.225. The first kappa shape index (κ1) is 17.0. The fourth-order valence-corrected chi connectivity index (χ4v) is 2.84. The average molecular weight is 337 g/mol. The number of hydrogen-bond donors (Lipinski definition) is 1. The molecule has 0 aliphatic carbocycles. The molecule has 0 fully saturated rings. The lowest BCUT2D eigenvalue weighted by atomic mass is 10.2. The molecule has 0 saturated carbocycles. The minimum Gasteiger partial charge on any atom is -0.361 e. The van der Waals surface area contributed by atoms with Crippen molar-refractivity contribution >= 4 is 21.6 Å². The number of carbonyl (C=O) groups is 1. The second-order valence-corrected chi connectivity index (χ2v) is 7.22. The summed E-state index contributed by atoms with van der Waals surface area (Å²) in [7, 11) is -3.57. The molecule has 2 rings (SSSR count). The Labute approximate surface area is 135 Å². The highest BCUT2D eigenvalue weighted by molar-refractivity contribution is 7.92. The van der Waals surface area contributed by atoms with Crippen LogP contribution in [0.3, 0.4) is 0 Å². The van der Waals surface area contributed by atoms with Crippen molar-refractivity contribution in [2.75, 3.05) is 17.1 Å². The molecule has 7 nitrogen and oxygen atoms in total. The number of benzene rings is 1. The van der Waals surface area contributed by atoms with E-state index >= 15 is 0 Å². The number of carbonyl (C=O) groups excluding carboxylic acids is 1. The number of nitrogens with zero attached hydrogens (tertiary/aromatic N) is 2. The van der Waals surface area contributed by atoms with Gasteiger partial charge < -0.3 is 9.84 Å². The van der Waals surface area contributed by atoms with Gasteiger partial charge in [0, 0.05) is 6.07 Å². The molecular formula is C15H19N3O4S. The minimum absolute atomic E-state index is 0.182. The van der Waals surface area contributed by atoms with E-state index in [1.54, 1.807) is 37.3 Å². The van der Waals surface area contributed by atoms with Gasteiger partial charge in [-0.3, -0.25) is 9.10 Å². The van der Waals surface area contributed by atoms with E-state index < -0.39 is 15.9 Å². The lowest BCUT2D eigenvalue weighted by molar-refractivity contribution is -0.119. The van der Waals surface area contributed by atoms with Crippen molar-refractivity contribution in [3.63, 3.8) is 0 Å². The van der Waals surface area contributed by atoms with Crippen molar-refractivity contribution in [2.24, 2.45) is 0 Å². The number of hydrogen-bond acceptors (Lipinski definition) is 5. The van der Waals surface area contributed by atoms with E-state index in [4.69, 9.17) is 4.52 Å². The maximum atomic E-state index is 12.0. The van der Waals surface area contributed by atoms with Crippen LogP contribution in [0.1, 0.15) is 17.0 Å². The third-order valence-corrected chi connectivity index (χ3v) is 4.29. The fraction of sp³-hybridized carbons (Fsp3) is 0.333. The van der Waals surface area contributed by atoms with Gasteiger partial charge in [0.25, 0.3) is 0 Å². The molecule has 23 heavy (non-hydrogen) atoms. The van der Waals surface area contributed by atoms with Crippen molar-refractivity contribution in [1.82, 2.24) is 10.5 Å². The molecule has 124 valence electrons. The summed E-state index contributed by atoms with van der Waals surface area (Å²) >= 11 is 0. The molecule has 0 atom stereocenters. The van der Waals surface area contributed by atoms with Crippen molar-refractivity contribution in [3.8, 4) is 0 Å². The fourth-order valence-electron chi connectivity index (χ4n) is 1.99. The number of aryl methyl sites for hydroxylation is 2. The second kappa shape index (κ2) is 6.82. The standard InChI is InChI=1S/C15H19N3O4S/c1-11-4-6-14(7-5-11)18(23(3,20)21)10-15(19)16-9-13-8-12(2)22-17-13/h4-8H,9-10H2,1-3H3,(H,16,19). The molecule has 0 bridgehead atoms. The largest absolute Gasteiger partial charge is 0.361 e. The number of rotatable bonds is 6. The SMILES string of the molecule is Cc1ccc(N(CC(=O)NCc2cc(C)on2)S(C)(=O)=O)cc1. The van der Waals surface area contributed by atoms with E-state index in [-0.39, 0.29) is 13.1 Å². The van der Waals surface area contributed by atoms with Crippen molar-refractivity contribution in [2.45, 2.75) is 20.4 Å². The summed E-state index contributed by atoms with van der Waals surface area (Å²) < 4.78 is 29.9. The quantitative estimate of drug-likeness (QED) is 0.859. The molecule has 0 saturated heterocycles. The van der Waals surface area contributed by atoms with Gasteiger partial charge in [0.15, 0.2) is 0 Å². The molecule has 0 aliphatic rings. The van der Waals surface area contributed by atoms with E-state index in [0.717, 1.165) is 16.1 Å². The van der Waals surface area contributed by atoms with Crippen LogP contribution >= 0.6 is 0 Å². The molecule has 0 spiro atoms. The van der Waals surface area contributed by atoms with Crippen LogP contribution in [0.15, 0.2) is 34.9 Å². The van der Waals surface area contributed by atoms with Gasteiger partial charge in [-0.15, -0.1) is 0 Å². The van der Waals surface area contributed by atoms with Crippen LogP contribution in [-0.2, 0) is 21.4 Å². The number of amides is 1. The molecule has 0 aliphatic heterocycles. The summed E-state index contributed by atoms with van der Waals surface area (Å²) in [6.45, 7) is 3.54. The van der Waals surface area contributed by atoms with Crippen molar-refractivity contribution in [1.29, 1.82) is 0 Å². The predicted molar refractivity (Wildman–Crippen MR) is 86.5 cm³/mol. The number of anilines is 1. The Morgan fingerprint density at radius 3 is 2.43 bits per heavy atom. The lowest BCUT2D eigenvalue weighted by Gasteiger charge is -2.21. The highest BCUT2D eigenvalue weighted by Crippen LogP contribution is 2.17. The Bertz CT molecular complexity index is 781. The van der Waals surface area contributed by atoms with Gasteiger partial charge in [-0.2, -0.15) is 0 Å². The molecule has 1 N–H and O–H groups in total. The number of aromatic nitrogens is 1. The molecule has 1 aromatic carbocycles. The summed E-state index contributed by atoms with van der Waals surface area (Å²) in [6.07, 6.45) is 1.07. The highest BCUT2D eigenvalue weighted by atomic mass is 32.2. The monoisotopic (exact) mass is 337 g/mol. The van der Waals surface area contributed by atoms with Crippen LogP contribution in [0.2, 0.25) is 0 Å². The maximum absolute atomic E-state index is 12.0. The number of sulfonamides is 1. The second-order valence-electron chi connectivity index (χ2n) is 5.31. The van der Waals surface area contributed by atoms with Crippen LogP contribution in [0.5, 0.6) is 0 Å². The van der Waals surface area contributed by atoms with Gasteiger partial charge in [-0.05, 0) is 26.0 Å². The third-order valence-electron chi connectivity index (χ3n) is 3.15. The minimum atomic E-state index is -3.57. The Balaban J connectivity index is 2.06. The zero-order valence-corrected chi connectivity index (χ0v) is 14.1. The van der Waals surface area contributed by atoms with Crippen LogP contribution in [0, 0.1) is 13.8 Å². The molecule has 1 aromatic heterocycles. The van der Waals surface area contributed by atoms with Gasteiger partial charge in [0.2, 0.25) is 15.9 Å². The summed E-state index contributed by atoms with van der Waals surface area (Å²) in [6, 6.07) is 8.64. The van der Waals surface area contributed by atoms with Gasteiger partial charge in [-0.25, -0.2) is 8.42 Å². The van der Waals surface area contributed by atoms with Gasteiger partial charge in [-0.1, -0.05) is 22.9 Å². The van der Waals surface area contributed by atoms with Crippen LogP contribution in [0.25, 0.3) is 0 Å². The topological polar surface area (TPSA) is 92.5 Å². The van der Waals surface area contributed by atoms with Gasteiger partial charge in [0.1, 0.15) is 18.0 Å². The average Bonchev–Trinajstić information content (AvgIpc) is 2.88. The van der Waals surface area contributed by atoms with Crippen LogP contribution < -0.4 is 9.62 Å². The summed E-state index contributed by atoms with van der Waals surface area (Å²) in [4.78, 5) is 12.0. The van der Waals surface area contributed by atoms with E-state index in [0.29, 0.717) is 17.1 Å². The Hall–Kier alpha value is -2.35.